The number of hydrogen-bond donors (Lipinski definition) is 0. The van der Waals surface area contributed by atoms with Crippen LogP contribution in [0.3, 0.4) is 0 Å². The third kappa shape index (κ3) is 49.7. The van der Waals surface area contributed by atoms with Gasteiger partial charge in [-0.05, 0) is 70.6 Å². The van der Waals surface area contributed by atoms with Crippen LogP contribution in [-0.4, -0.2) is 70.0 Å². The van der Waals surface area contributed by atoms with E-state index in [9.17, 15) is 19.0 Å². The molecule has 0 saturated heterocycles. The van der Waals surface area contributed by atoms with E-state index >= 15 is 0 Å². The standard InChI is InChI=1S/C54H102NO8P/c1-6-8-10-12-14-16-18-20-21-22-23-24-25-26-27-28-29-30-31-32-33-35-37-39-41-43-45-47-54(57)63-52(51-62-64(58,59)61-49-48-55(3,4)5)50-60-53(56)46-44-42-40-38-36-34-19-17-15-13-11-9-7-2/h17-20,22-23,52H,6-16,21,24-51H2,1-5H3/b19-17-,20-18-,23-22-. The molecule has 0 aliphatic carbocycles. The van der Waals surface area contributed by atoms with Gasteiger partial charge in [0.2, 0.25) is 0 Å². The highest BCUT2D eigenvalue weighted by atomic mass is 31.2. The van der Waals surface area contributed by atoms with Crippen molar-refractivity contribution in [2.75, 3.05) is 47.5 Å². The number of likely N-dealkylation sites (N-methyl/N-ethyl adjacent to an activating group) is 1. The number of phosphoric acid groups is 1. The molecule has 0 saturated carbocycles. The van der Waals surface area contributed by atoms with Crippen LogP contribution in [0.15, 0.2) is 36.5 Å². The van der Waals surface area contributed by atoms with E-state index in [0.717, 1.165) is 64.2 Å². The van der Waals surface area contributed by atoms with E-state index in [1.54, 1.807) is 0 Å². The lowest BCUT2D eigenvalue weighted by atomic mass is 10.0. The summed E-state index contributed by atoms with van der Waals surface area (Å²) in [7, 11) is 1.17. The topological polar surface area (TPSA) is 111 Å². The van der Waals surface area contributed by atoms with Gasteiger partial charge in [0.1, 0.15) is 19.8 Å². The predicted molar refractivity (Wildman–Crippen MR) is 268 cm³/mol. The summed E-state index contributed by atoms with van der Waals surface area (Å²) in [5.74, 6) is -0.837. The molecule has 0 aromatic rings. The Bertz CT molecular complexity index is 1180. The number of ether oxygens (including phenoxy) is 2. The summed E-state index contributed by atoms with van der Waals surface area (Å²) in [6, 6.07) is 0. The van der Waals surface area contributed by atoms with Gasteiger partial charge in [0, 0.05) is 12.8 Å². The van der Waals surface area contributed by atoms with Crippen molar-refractivity contribution < 1.29 is 42.1 Å². The third-order valence-electron chi connectivity index (χ3n) is 11.6. The predicted octanol–water partition coefficient (Wildman–Crippen LogP) is 15.4. The van der Waals surface area contributed by atoms with Gasteiger partial charge in [-0.3, -0.25) is 14.2 Å². The number of rotatable bonds is 49. The monoisotopic (exact) mass is 924 g/mol. The number of phosphoric ester groups is 1. The molecule has 0 rings (SSSR count). The van der Waals surface area contributed by atoms with Crippen LogP contribution in [0.4, 0.5) is 0 Å². The first-order valence-corrected chi connectivity index (χ1v) is 28.2. The molecule has 0 heterocycles. The SMILES string of the molecule is CCCCCC/C=C\CCCCCCCC(=O)OCC(COP(=O)([O-])OCC[N+](C)(C)C)OC(=O)CCCCCCCCCCCCCCCCC/C=C\C/C=C\CCCCCCC. The van der Waals surface area contributed by atoms with Crippen LogP contribution in [0.25, 0.3) is 0 Å². The van der Waals surface area contributed by atoms with Gasteiger partial charge in [0.05, 0.1) is 27.7 Å². The van der Waals surface area contributed by atoms with Crippen LogP contribution in [0.5, 0.6) is 0 Å². The average molecular weight is 924 g/mol. The second-order valence-electron chi connectivity index (χ2n) is 19.2. The Hall–Kier alpha value is -1.77. The highest BCUT2D eigenvalue weighted by molar-refractivity contribution is 7.45. The molecule has 2 atom stereocenters. The van der Waals surface area contributed by atoms with E-state index in [1.165, 1.54) is 148 Å². The number of hydrogen-bond acceptors (Lipinski definition) is 8. The maximum atomic E-state index is 12.7. The van der Waals surface area contributed by atoms with Gasteiger partial charge >= 0.3 is 11.9 Å². The summed E-state index contributed by atoms with van der Waals surface area (Å²) in [5.41, 5.74) is 0. The van der Waals surface area contributed by atoms with Crippen LogP contribution in [-0.2, 0) is 32.7 Å². The molecule has 9 nitrogen and oxygen atoms in total. The number of carbonyl (C=O) groups excluding carboxylic acids is 2. The van der Waals surface area contributed by atoms with Gasteiger partial charge in [0.15, 0.2) is 6.10 Å². The lowest BCUT2D eigenvalue weighted by Gasteiger charge is -2.28. The minimum atomic E-state index is -4.63. The highest BCUT2D eigenvalue weighted by Gasteiger charge is 2.21. The molecule has 0 aromatic carbocycles. The van der Waals surface area contributed by atoms with Gasteiger partial charge < -0.3 is 27.9 Å². The zero-order chi connectivity index (χ0) is 47.1. The molecule has 0 bridgehead atoms. The van der Waals surface area contributed by atoms with Crippen molar-refractivity contribution in [2.45, 2.75) is 251 Å². The van der Waals surface area contributed by atoms with E-state index in [2.05, 4.69) is 50.3 Å². The minimum Gasteiger partial charge on any atom is -0.756 e. The summed E-state index contributed by atoms with van der Waals surface area (Å²) in [6.45, 7) is 4.22. The third-order valence-corrected chi connectivity index (χ3v) is 12.6. The second-order valence-corrected chi connectivity index (χ2v) is 20.6. The molecule has 0 radical (unpaired) electrons. The molecule has 0 aliphatic rings. The van der Waals surface area contributed by atoms with Crippen molar-refractivity contribution >= 4 is 19.8 Å². The minimum absolute atomic E-state index is 0.0312. The molecule has 0 aromatic heterocycles. The first kappa shape index (κ1) is 62.2. The Labute approximate surface area is 395 Å². The quantitative estimate of drug-likeness (QED) is 0.0195. The Kier molecular flexibility index (Phi) is 45.1. The smallest absolute Gasteiger partial charge is 0.306 e. The second kappa shape index (κ2) is 46.3. The first-order chi connectivity index (χ1) is 31.0. The molecule has 0 fully saturated rings. The van der Waals surface area contributed by atoms with Crippen LogP contribution >= 0.6 is 7.82 Å². The summed E-state index contributed by atoms with van der Waals surface area (Å²) in [6.07, 6.45) is 54.7. The van der Waals surface area contributed by atoms with E-state index in [0.29, 0.717) is 17.4 Å². The van der Waals surface area contributed by atoms with E-state index in [-0.39, 0.29) is 32.0 Å². The van der Waals surface area contributed by atoms with Gasteiger partial charge in [0.25, 0.3) is 7.82 Å². The Morgan fingerprint density at radius 2 is 0.844 bits per heavy atom. The van der Waals surface area contributed by atoms with Crippen molar-refractivity contribution in [3.63, 3.8) is 0 Å². The lowest BCUT2D eigenvalue weighted by molar-refractivity contribution is -0.870. The molecule has 10 heteroatoms. The highest BCUT2D eigenvalue weighted by Crippen LogP contribution is 2.38. The Balaban J connectivity index is 4.12. The number of carbonyl (C=O) groups is 2. The summed E-state index contributed by atoms with van der Waals surface area (Å²) in [5, 5.41) is 0. The molecular formula is C54H102NO8P. The van der Waals surface area contributed by atoms with Crippen molar-refractivity contribution in [3.8, 4) is 0 Å². The molecule has 0 spiro atoms. The molecular weight excluding hydrogens is 822 g/mol. The van der Waals surface area contributed by atoms with Crippen molar-refractivity contribution in [2.24, 2.45) is 0 Å². The van der Waals surface area contributed by atoms with E-state index < -0.39 is 26.5 Å². The van der Waals surface area contributed by atoms with Crippen LogP contribution in [0, 0.1) is 0 Å². The normalized spacial score (nSPS) is 13.7. The maximum absolute atomic E-state index is 12.7. The number of esters is 2. The maximum Gasteiger partial charge on any atom is 0.306 e. The fraction of sp³-hybridized carbons (Fsp3) is 0.852. The molecule has 0 aliphatic heterocycles. The molecule has 2 unspecified atom stereocenters. The zero-order valence-electron chi connectivity index (χ0n) is 42.5. The fourth-order valence-corrected chi connectivity index (χ4v) is 8.17. The Morgan fingerprint density at radius 1 is 0.484 bits per heavy atom. The van der Waals surface area contributed by atoms with Gasteiger partial charge in [-0.2, -0.15) is 0 Å². The van der Waals surface area contributed by atoms with E-state index in [4.69, 9.17) is 18.5 Å². The van der Waals surface area contributed by atoms with Crippen LogP contribution < -0.4 is 4.89 Å². The van der Waals surface area contributed by atoms with Crippen LogP contribution in [0.1, 0.15) is 245 Å². The molecule has 376 valence electrons. The fourth-order valence-electron chi connectivity index (χ4n) is 7.45. The summed E-state index contributed by atoms with van der Waals surface area (Å²) >= 11 is 0. The van der Waals surface area contributed by atoms with Crippen molar-refractivity contribution in [3.05, 3.63) is 36.5 Å². The van der Waals surface area contributed by atoms with E-state index in [1.807, 2.05) is 21.1 Å². The van der Waals surface area contributed by atoms with Crippen LogP contribution in [0.2, 0.25) is 0 Å². The average Bonchev–Trinajstić information content (AvgIpc) is 3.25. The number of quaternary nitrogens is 1. The lowest BCUT2D eigenvalue weighted by Crippen LogP contribution is -2.37. The number of unbranched alkanes of at least 4 members (excludes halogenated alkanes) is 29. The summed E-state index contributed by atoms with van der Waals surface area (Å²) < 4.78 is 34.0. The summed E-state index contributed by atoms with van der Waals surface area (Å²) in [4.78, 5) is 37.7. The van der Waals surface area contributed by atoms with Gasteiger partial charge in [-0.15, -0.1) is 0 Å². The largest absolute Gasteiger partial charge is 0.756 e. The van der Waals surface area contributed by atoms with Gasteiger partial charge in [-0.25, -0.2) is 0 Å². The molecule has 64 heavy (non-hydrogen) atoms. The molecule has 0 N–H and O–H groups in total. The van der Waals surface area contributed by atoms with Gasteiger partial charge in [-0.1, -0.05) is 198 Å². The number of allylic oxidation sites excluding steroid dienone is 6. The first-order valence-electron chi connectivity index (χ1n) is 26.7. The Morgan fingerprint density at radius 3 is 1.27 bits per heavy atom. The van der Waals surface area contributed by atoms with Crippen molar-refractivity contribution in [1.29, 1.82) is 0 Å². The number of nitrogens with zero attached hydrogens (tertiary/aromatic N) is 1. The molecule has 0 amide bonds. The van der Waals surface area contributed by atoms with Crippen molar-refractivity contribution in [1.82, 2.24) is 0 Å². The zero-order valence-corrected chi connectivity index (χ0v) is 43.4.